The highest BCUT2D eigenvalue weighted by molar-refractivity contribution is 6.00. The number of H-pyrrole nitrogens is 1. The van der Waals surface area contributed by atoms with Gasteiger partial charge in [-0.2, -0.15) is 4.99 Å². The van der Waals surface area contributed by atoms with E-state index in [0.717, 1.165) is 34.5 Å². The van der Waals surface area contributed by atoms with Crippen molar-refractivity contribution in [3.8, 4) is 11.1 Å². The Bertz CT molecular complexity index is 1170. The molecule has 6 nitrogen and oxygen atoms in total. The van der Waals surface area contributed by atoms with Crippen LogP contribution in [0.25, 0.3) is 11.1 Å². The summed E-state index contributed by atoms with van der Waals surface area (Å²) in [6.45, 7) is 2.63. The molecule has 0 radical (unpaired) electrons. The SMILES string of the molecule is Cc1ccc(C(=O)N=CN(NCCc2cnc[nH]2)c2cccc(-c3ccccc3)c2)cc1. The van der Waals surface area contributed by atoms with Crippen LogP contribution in [0.3, 0.4) is 0 Å². The maximum absolute atomic E-state index is 12.6. The average Bonchev–Trinajstić information content (AvgIpc) is 3.36. The van der Waals surface area contributed by atoms with E-state index in [0.29, 0.717) is 12.1 Å². The second-order valence-corrected chi connectivity index (χ2v) is 7.44. The number of hydrogen-bond donors (Lipinski definition) is 2. The maximum atomic E-state index is 12.6. The van der Waals surface area contributed by atoms with Gasteiger partial charge in [0.1, 0.15) is 6.34 Å². The molecule has 3 aromatic carbocycles. The molecular weight excluding hydrogens is 398 g/mol. The van der Waals surface area contributed by atoms with Crippen molar-refractivity contribution in [3.63, 3.8) is 0 Å². The zero-order chi connectivity index (χ0) is 22.2. The number of rotatable bonds is 8. The van der Waals surface area contributed by atoms with Crippen LogP contribution in [0.1, 0.15) is 21.6 Å². The fraction of sp³-hybridized carbons (Fsp3) is 0.115. The Hall–Kier alpha value is -4.03. The second kappa shape index (κ2) is 10.3. The van der Waals surface area contributed by atoms with Gasteiger partial charge in [0.2, 0.25) is 0 Å². The van der Waals surface area contributed by atoms with Crippen LogP contribution < -0.4 is 10.4 Å². The summed E-state index contributed by atoms with van der Waals surface area (Å²) in [6, 6.07) is 25.7. The fourth-order valence-electron chi connectivity index (χ4n) is 3.28. The molecule has 0 aliphatic rings. The predicted octanol–water partition coefficient (Wildman–Crippen LogP) is 4.81. The Morgan fingerprint density at radius 3 is 2.56 bits per heavy atom. The molecular formula is C26H25N5O. The predicted molar refractivity (Wildman–Crippen MR) is 129 cm³/mol. The van der Waals surface area contributed by atoms with Gasteiger partial charge in [0.25, 0.3) is 5.91 Å². The first kappa shape index (κ1) is 21.2. The van der Waals surface area contributed by atoms with Gasteiger partial charge in [-0.05, 0) is 42.3 Å². The summed E-state index contributed by atoms with van der Waals surface area (Å²) in [5.74, 6) is -0.287. The van der Waals surface area contributed by atoms with Crippen LogP contribution in [0.15, 0.2) is 96.4 Å². The van der Waals surface area contributed by atoms with Crippen molar-refractivity contribution in [2.24, 2.45) is 4.99 Å². The highest BCUT2D eigenvalue weighted by Crippen LogP contribution is 2.23. The number of hydrazine groups is 1. The van der Waals surface area contributed by atoms with Crippen molar-refractivity contribution in [1.82, 2.24) is 15.4 Å². The minimum Gasteiger partial charge on any atom is -0.348 e. The lowest BCUT2D eigenvalue weighted by Gasteiger charge is -2.21. The maximum Gasteiger partial charge on any atom is 0.278 e. The molecule has 1 amide bonds. The molecule has 0 unspecified atom stereocenters. The summed E-state index contributed by atoms with van der Waals surface area (Å²) in [5.41, 5.74) is 9.14. The topological polar surface area (TPSA) is 73.4 Å². The van der Waals surface area contributed by atoms with E-state index in [2.05, 4.69) is 44.7 Å². The van der Waals surface area contributed by atoms with Crippen LogP contribution in [-0.2, 0) is 6.42 Å². The number of nitrogens with one attached hydrogen (secondary N) is 2. The number of aryl methyl sites for hydroxylation is 1. The number of aromatic nitrogens is 2. The van der Waals surface area contributed by atoms with E-state index in [1.165, 1.54) is 0 Å². The van der Waals surface area contributed by atoms with Crippen molar-refractivity contribution in [3.05, 3.63) is 108 Å². The van der Waals surface area contributed by atoms with Gasteiger partial charge in [-0.1, -0.05) is 60.2 Å². The van der Waals surface area contributed by atoms with Crippen LogP contribution in [0.4, 0.5) is 5.69 Å². The van der Waals surface area contributed by atoms with Crippen LogP contribution in [0.5, 0.6) is 0 Å². The van der Waals surface area contributed by atoms with Gasteiger partial charge < -0.3 is 4.98 Å². The largest absolute Gasteiger partial charge is 0.348 e. The first-order valence-electron chi connectivity index (χ1n) is 10.5. The molecule has 0 atom stereocenters. The lowest BCUT2D eigenvalue weighted by atomic mass is 10.1. The van der Waals surface area contributed by atoms with Crippen molar-refractivity contribution in [2.75, 3.05) is 11.6 Å². The number of carbonyl (C=O) groups excluding carboxylic acids is 1. The first-order chi connectivity index (χ1) is 15.7. The summed E-state index contributed by atoms with van der Waals surface area (Å²) < 4.78 is 0. The highest BCUT2D eigenvalue weighted by Gasteiger charge is 2.08. The van der Waals surface area contributed by atoms with Crippen LogP contribution in [-0.4, -0.2) is 28.8 Å². The summed E-state index contributed by atoms with van der Waals surface area (Å²) in [4.78, 5) is 23.9. The molecule has 160 valence electrons. The quantitative estimate of drug-likeness (QED) is 0.242. The molecule has 0 spiro atoms. The summed E-state index contributed by atoms with van der Waals surface area (Å²) in [5, 5.41) is 1.79. The van der Waals surface area contributed by atoms with Crippen LogP contribution >= 0.6 is 0 Å². The van der Waals surface area contributed by atoms with E-state index in [9.17, 15) is 4.79 Å². The number of benzene rings is 3. The van der Waals surface area contributed by atoms with Crippen molar-refractivity contribution in [2.45, 2.75) is 13.3 Å². The third kappa shape index (κ3) is 5.56. The van der Waals surface area contributed by atoms with Crippen LogP contribution in [0, 0.1) is 6.92 Å². The molecule has 6 heteroatoms. The summed E-state index contributed by atoms with van der Waals surface area (Å²) >= 11 is 0. The van der Waals surface area contributed by atoms with Gasteiger partial charge in [0.15, 0.2) is 0 Å². The van der Waals surface area contributed by atoms with Gasteiger partial charge in [0, 0.05) is 30.4 Å². The van der Waals surface area contributed by atoms with E-state index in [1.807, 2.05) is 49.4 Å². The summed E-state index contributed by atoms with van der Waals surface area (Å²) in [7, 11) is 0. The smallest absolute Gasteiger partial charge is 0.278 e. The fourth-order valence-corrected chi connectivity index (χ4v) is 3.28. The lowest BCUT2D eigenvalue weighted by Crippen LogP contribution is -2.38. The molecule has 4 rings (SSSR count). The molecule has 0 aliphatic carbocycles. The van der Waals surface area contributed by atoms with Gasteiger partial charge >= 0.3 is 0 Å². The number of nitrogens with zero attached hydrogens (tertiary/aromatic N) is 3. The number of imidazole rings is 1. The molecule has 1 heterocycles. The first-order valence-corrected chi connectivity index (χ1v) is 10.5. The monoisotopic (exact) mass is 423 g/mol. The van der Waals surface area contributed by atoms with Crippen molar-refractivity contribution >= 4 is 17.9 Å². The van der Waals surface area contributed by atoms with Gasteiger partial charge in [-0.15, -0.1) is 0 Å². The van der Waals surface area contributed by atoms with Gasteiger partial charge in [-0.25, -0.2) is 10.4 Å². The Labute approximate surface area is 187 Å². The second-order valence-electron chi connectivity index (χ2n) is 7.44. The molecule has 2 N–H and O–H groups in total. The normalized spacial score (nSPS) is 11.0. The van der Waals surface area contributed by atoms with E-state index < -0.39 is 0 Å². The Balaban J connectivity index is 1.55. The molecule has 0 bridgehead atoms. The molecule has 0 saturated heterocycles. The van der Waals surface area contributed by atoms with Crippen LogP contribution in [0.2, 0.25) is 0 Å². The minimum atomic E-state index is -0.287. The van der Waals surface area contributed by atoms with E-state index in [-0.39, 0.29) is 5.91 Å². The highest BCUT2D eigenvalue weighted by atomic mass is 16.1. The Kier molecular flexibility index (Phi) is 6.84. The van der Waals surface area contributed by atoms with Crippen molar-refractivity contribution in [1.29, 1.82) is 0 Å². The standard InChI is InChI=1S/C26H25N5O/c1-20-10-12-22(13-11-20)26(32)29-19-31(30-15-14-24-17-27-18-28-24)25-9-5-8-23(16-25)21-6-3-2-4-7-21/h2-13,16-19,30H,14-15H2,1H3,(H,27,28). The van der Waals surface area contributed by atoms with E-state index in [4.69, 9.17) is 0 Å². The molecule has 0 aliphatic heterocycles. The zero-order valence-corrected chi connectivity index (χ0v) is 17.9. The number of aromatic amines is 1. The number of anilines is 1. The zero-order valence-electron chi connectivity index (χ0n) is 17.9. The summed E-state index contributed by atoms with van der Waals surface area (Å²) in [6.07, 6.45) is 5.77. The average molecular weight is 424 g/mol. The molecule has 0 fully saturated rings. The molecule has 4 aromatic rings. The number of aliphatic imine (C=N–C) groups is 1. The lowest BCUT2D eigenvalue weighted by molar-refractivity contribution is 0.100. The van der Waals surface area contributed by atoms with E-state index in [1.54, 1.807) is 36.0 Å². The third-order valence-corrected chi connectivity index (χ3v) is 5.05. The molecule has 1 aromatic heterocycles. The molecule has 32 heavy (non-hydrogen) atoms. The van der Waals surface area contributed by atoms with Gasteiger partial charge in [-0.3, -0.25) is 9.80 Å². The molecule has 0 saturated carbocycles. The minimum absolute atomic E-state index is 0.287. The van der Waals surface area contributed by atoms with E-state index >= 15 is 0 Å². The number of hydrogen-bond acceptors (Lipinski definition) is 3. The Morgan fingerprint density at radius 1 is 1.03 bits per heavy atom. The van der Waals surface area contributed by atoms with Crippen molar-refractivity contribution < 1.29 is 4.79 Å². The Morgan fingerprint density at radius 2 is 1.81 bits per heavy atom. The third-order valence-electron chi connectivity index (χ3n) is 5.05. The number of carbonyl (C=O) groups is 1. The number of amides is 1. The van der Waals surface area contributed by atoms with Gasteiger partial charge in [0.05, 0.1) is 12.0 Å².